The molecule has 5 unspecified atom stereocenters. The fourth-order valence-electron chi connectivity index (χ4n) is 1.02. The molecule has 6 atom stereocenters. The zero-order chi connectivity index (χ0) is 21.9. The van der Waals surface area contributed by atoms with Crippen LogP contribution in [-0.4, -0.2) is 98.0 Å². The molecular formula is C17H40O9. The molecule has 0 aromatic heterocycles. The number of rotatable bonds is 8. The van der Waals surface area contributed by atoms with Gasteiger partial charge in [0.05, 0.1) is 24.9 Å². The molecule has 0 radical (unpaired) electrons. The van der Waals surface area contributed by atoms with Gasteiger partial charge in [-0.2, -0.15) is 0 Å². The van der Waals surface area contributed by atoms with Crippen molar-refractivity contribution in [3.05, 3.63) is 13.2 Å². The second-order valence-electron chi connectivity index (χ2n) is 5.51. The summed E-state index contributed by atoms with van der Waals surface area (Å²) in [5.74, 6) is -0.417. The predicted octanol–water partition coefficient (Wildman–Crippen LogP) is -1.40. The number of aliphatic hydroxyl groups excluding tert-OH is 7. The van der Waals surface area contributed by atoms with E-state index < -0.39 is 36.6 Å². The topological polar surface area (TPSA) is 171 Å². The third-order valence-corrected chi connectivity index (χ3v) is 3.12. The molecule has 0 aromatic carbocycles. The average Bonchev–Trinajstić information content (AvgIpc) is 2.62. The van der Waals surface area contributed by atoms with E-state index in [9.17, 15) is 5.11 Å². The fourth-order valence-corrected chi connectivity index (χ4v) is 1.02. The van der Waals surface area contributed by atoms with Crippen molar-refractivity contribution >= 4 is 0 Å². The van der Waals surface area contributed by atoms with Crippen LogP contribution < -0.4 is 0 Å². The summed E-state index contributed by atoms with van der Waals surface area (Å²) in [5.41, 5.74) is 0. The third kappa shape index (κ3) is 21.4. The molecule has 162 valence electrons. The van der Waals surface area contributed by atoms with E-state index in [4.69, 9.17) is 35.7 Å². The Bertz CT molecular complexity index is 259. The monoisotopic (exact) mass is 388 g/mol. The van der Waals surface area contributed by atoms with Gasteiger partial charge in [0.1, 0.15) is 12.2 Å². The lowest BCUT2D eigenvalue weighted by Gasteiger charge is -2.24. The maximum Gasteiger partial charge on any atom is 0.180 e. The van der Waals surface area contributed by atoms with Gasteiger partial charge in [-0.05, 0) is 20.3 Å². The van der Waals surface area contributed by atoms with E-state index in [0.717, 1.165) is 6.42 Å². The highest BCUT2D eigenvalue weighted by Crippen LogP contribution is 2.09. The van der Waals surface area contributed by atoms with E-state index >= 15 is 0 Å². The Morgan fingerprint density at radius 1 is 0.808 bits per heavy atom. The lowest BCUT2D eigenvalue weighted by atomic mass is 9.98. The quantitative estimate of drug-likeness (QED) is 0.184. The van der Waals surface area contributed by atoms with E-state index in [1.54, 1.807) is 13.8 Å². The highest BCUT2D eigenvalue weighted by Gasteiger charge is 2.25. The van der Waals surface area contributed by atoms with Crippen LogP contribution in [0.1, 0.15) is 34.1 Å². The first-order valence-electron chi connectivity index (χ1n) is 8.32. The van der Waals surface area contributed by atoms with Gasteiger partial charge < -0.3 is 45.6 Å². The molecule has 0 heterocycles. The molecule has 0 amide bonds. The van der Waals surface area contributed by atoms with E-state index in [-0.39, 0.29) is 19.3 Å². The summed E-state index contributed by atoms with van der Waals surface area (Å²) in [7, 11) is 1.29. The first-order valence-corrected chi connectivity index (χ1v) is 8.32. The van der Waals surface area contributed by atoms with Crippen molar-refractivity contribution in [1.82, 2.24) is 0 Å². The molecule has 0 bridgehead atoms. The number of ether oxygens (including phenoxy) is 1. The Kier molecular flexibility index (Phi) is 28.5. The van der Waals surface area contributed by atoms with Crippen molar-refractivity contribution in [1.29, 1.82) is 0 Å². The summed E-state index contributed by atoms with van der Waals surface area (Å²) in [6.07, 6.45) is -4.95. The second-order valence-corrected chi connectivity index (χ2v) is 5.51. The summed E-state index contributed by atoms with van der Waals surface area (Å²) in [5, 5.41) is 68.9. The van der Waals surface area contributed by atoms with E-state index in [1.165, 1.54) is 14.0 Å². The SMILES string of the molecule is C=C.CC(O)C(O)C(O)C(C)CO.CC[C@@H](C)O.COC(CO)C(O)O. The third-order valence-electron chi connectivity index (χ3n) is 3.12. The van der Waals surface area contributed by atoms with Crippen molar-refractivity contribution in [3.63, 3.8) is 0 Å². The molecule has 0 saturated heterocycles. The standard InChI is InChI=1S/C7H16O4.C4H10O4.C4H10O.C2H4/c1-4(3-8)6(10)7(11)5(2)9;1-8-3(2-5)4(6)7;1-3-4(2)5;1-2/h4-11H,3H2,1-2H3;3-7H,2H2,1H3;4-5H,3H2,1-2H3;1-2H2/t;;4-;/m..1./s1. The molecule has 26 heavy (non-hydrogen) atoms. The van der Waals surface area contributed by atoms with Gasteiger partial charge in [-0.3, -0.25) is 0 Å². The number of hydrogen-bond donors (Lipinski definition) is 8. The van der Waals surface area contributed by atoms with E-state index in [2.05, 4.69) is 17.9 Å². The van der Waals surface area contributed by atoms with Crippen molar-refractivity contribution in [2.75, 3.05) is 20.3 Å². The minimum Gasteiger partial charge on any atom is -0.396 e. The van der Waals surface area contributed by atoms with Crippen molar-refractivity contribution in [2.45, 2.75) is 70.9 Å². The molecule has 0 aliphatic carbocycles. The van der Waals surface area contributed by atoms with Crippen molar-refractivity contribution in [2.24, 2.45) is 5.92 Å². The molecule has 0 spiro atoms. The molecule has 9 nitrogen and oxygen atoms in total. The largest absolute Gasteiger partial charge is 0.396 e. The molecular weight excluding hydrogens is 348 g/mol. The Morgan fingerprint density at radius 3 is 1.31 bits per heavy atom. The van der Waals surface area contributed by atoms with Gasteiger partial charge >= 0.3 is 0 Å². The average molecular weight is 388 g/mol. The van der Waals surface area contributed by atoms with Gasteiger partial charge in [-0.1, -0.05) is 13.8 Å². The Balaban J connectivity index is -0.000000142. The van der Waals surface area contributed by atoms with Crippen LogP contribution in [0.4, 0.5) is 0 Å². The van der Waals surface area contributed by atoms with Crippen molar-refractivity contribution < 1.29 is 45.6 Å². The molecule has 0 rings (SSSR count). The molecule has 9 heteroatoms. The van der Waals surface area contributed by atoms with Gasteiger partial charge in [0.2, 0.25) is 0 Å². The van der Waals surface area contributed by atoms with E-state index in [1.807, 2.05) is 6.92 Å². The fraction of sp³-hybridized carbons (Fsp3) is 0.882. The summed E-state index contributed by atoms with van der Waals surface area (Å²) >= 11 is 0. The number of methoxy groups -OCH3 is 1. The molecule has 0 saturated carbocycles. The molecule has 0 aromatic rings. The normalized spacial score (nSPS) is 17.0. The maximum atomic E-state index is 9.19. The zero-order valence-electron chi connectivity index (χ0n) is 16.6. The first-order chi connectivity index (χ1) is 12.0. The van der Waals surface area contributed by atoms with Crippen LogP contribution in [-0.2, 0) is 4.74 Å². The van der Waals surface area contributed by atoms with E-state index in [0.29, 0.717) is 0 Å². The van der Waals surface area contributed by atoms with Crippen molar-refractivity contribution in [3.8, 4) is 0 Å². The van der Waals surface area contributed by atoms with Crippen LogP contribution in [0.25, 0.3) is 0 Å². The highest BCUT2D eigenvalue weighted by molar-refractivity contribution is 4.76. The first kappa shape index (κ1) is 33.0. The Labute approximate surface area is 156 Å². The number of hydrogen-bond acceptors (Lipinski definition) is 9. The Hall–Kier alpha value is -0.620. The molecule has 8 N–H and O–H groups in total. The lowest BCUT2D eigenvalue weighted by Crippen LogP contribution is -2.40. The number of aliphatic hydroxyl groups is 8. The molecule has 0 fully saturated rings. The Morgan fingerprint density at radius 2 is 1.19 bits per heavy atom. The van der Waals surface area contributed by atoms with Crippen LogP contribution in [0.5, 0.6) is 0 Å². The van der Waals surface area contributed by atoms with Crippen LogP contribution in [0, 0.1) is 5.92 Å². The summed E-state index contributed by atoms with van der Waals surface area (Å²) < 4.78 is 4.41. The summed E-state index contributed by atoms with van der Waals surface area (Å²) in [6.45, 7) is 12.1. The highest BCUT2D eigenvalue weighted by atomic mass is 16.6. The van der Waals surface area contributed by atoms with Gasteiger partial charge in [-0.15, -0.1) is 13.2 Å². The zero-order valence-corrected chi connectivity index (χ0v) is 16.6. The van der Waals surface area contributed by atoms with Crippen LogP contribution in [0.3, 0.4) is 0 Å². The lowest BCUT2D eigenvalue weighted by molar-refractivity contribution is -0.147. The van der Waals surface area contributed by atoms with Gasteiger partial charge in [0.15, 0.2) is 6.29 Å². The predicted molar refractivity (Wildman–Crippen MR) is 99.3 cm³/mol. The van der Waals surface area contributed by atoms with Crippen LogP contribution in [0.2, 0.25) is 0 Å². The van der Waals surface area contributed by atoms with Crippen LogP contribution in [0.15, 0.2) is 13.2 Å². The molecule has 0 aliphatic rings. The summed E-state index contributed by atoms with van der Waals surface area (Å²) in [4.78, 5) is 0. The maximum absolute atomic E-state index is 9.19. The van der Waals surface area contributed by atoms with Gasteiger partial charge in [0.25, 0.3) is 0 Å². The second kappa shape index (κ2) is 22.4. The van der Waals surface area contributed by atoms with Gasteiger partial charge in [-0.25, -0.2) is 0 Å². The molecule has 0 aliphatic heterocycles. The summed E-state index contributed by atoms with van der Waals surface area (Å²) in [6, 6.07) is 0. The van der Waals surface area contributed by atoms with Gasteiger partial charge in [0, 0.05) is 19.6 Å². The minimum atomic E-state index is -1.59. The van der Waals surface area contributed by atoms with Crippen LogP contribution >= 0.6 is 0 Å². The minimum absolute atomic E-state index is 0.116. The smallest absolute Gasteiger partial charge is 0.180 e.